The second-order valence-corrected chi connectivity index (χ2v) is 10.4. The van der Waals surface area contributed by atoms with Crippen LogP contribution >= 0.6 is 0 Å². The number of rotatable bonds is 10. The number of aliphatic hydroxyl groups excluding tert-OH is 1. The number of nitrogens with zero attached hydrogens (tertiary/aromatic N) is 1. The summed E-state index contributed by atoms with van der Waals surface area (Å²) in [6, 6.07) is 16.4. The third kappa shape index (κ3) is 9.40. The van der Waals surface area contributed by atoms with Crippen LogP contribution in [0.4, 0.5) is 4.79 Å². The number of ether oxygens (including phenoxy) is 2. The van der Waals surface area contributed by atoms with Crippen molar-refractivity contribution in [1.82, 2.24) is 15.5 Å². The number of carbonyl (C=O) groups excluding carboxylic acids is 4. The molecule has 3 amide bonds. The van der Waals surface area contributed by atoms with E-state index in [0.717, 1.165) is 11.1 Å². The first-order valence-corrected chi connectivity index (χ1v) is 13.0. The van der Waals surface area contributed by atoms with Crippen LogP contribution in [0.15, 0.2) is 60.7 Å². The van der Waals surface area contributed by atoms with Crippen molar-refractivity contribution in [2.24, 2.45) is 0 Å². The molecular formula is C29H37N3O7. The monoisotopic (exact) mass is 539 g/mol. The number of amides is 3. The second kappa shape index (κ2) is 13.7. The van der Waals surface area contributed by atoms with Gasteiger partial charge in [0.05, 0.1) is 6.04 Å². The SMILES string of the molecule is CC(C)(C)OC(=O)[C@@H]1CCCN1C(=O)C(O)C(Cc1ccccc1)NC(=O)CNC(=O)OCc1ccccc1. The van der Waals surface area contributed by atoms with E-state index in [1.165, 1.54) is 4.90 Å². The van der Waals surface area contributed by atoms with Crippen molar-refractivity contribution in [3.8, 4) is 0 Å². The molecule has 1 aliphatic heterocycles. The third-order valence-electron chi connectivity index (χ3n) is 6.10. The van der Waals surface area contributed by atoms with Gasteiger partial charge in [-0.1, -0.05) is 60.7 Å². The summed E-state index contributed by atoms with van der Waals surface area (Å²) in [5.41, 5.74) is 0.870. The van der Waals surface area contributed by atoms with Crippen LogP contribution in [-0.4, -0.2) is 70.8 Å². The van der Waals surface area contributed by atoms with E-state index in [9.17, 15) is 24.3 Å². The van der Waals surface area contributed by atoms with Crippen LogP contribution in [0.5, 0.6) is 0 Å². The normalized spacial score (nSPS) is 16.6. The summed E-state index contributed by atoms with van der Waals surface area (Å²) in [7, 11) is 0. The van der Waals surface area contributed by atoms with E-state index < -0.39 is 54.2 Å². The highest BCUT2D eigenvalue weighted by Gasteiger charge is 2.41. The van der Waals surface area contributed by atoms with Crippen LogP contribution in [0.2, 0.25) is 0 Å². The van der Waals surface area contributed by atoms with E-state index in [4.69, 9.17) is 9.47 Å². The van der Waals surface area contributed by atoms with Gasteiger partial charge in [-0.3, -0.25) is 9.59 Å². The molecule has 0 aliphatic carbocycles. The Bertz CT molecular complexity index is 1120. The molecule has 3 N–H and O–H groups in total. The zero-order valence-electron chi connectivity index (χ0n) is 22.6. The van der Waals surface area contributed by atoms with E-state index in [0.29, 0.717) is 19.4 Å². The molecular weight excluding hydrogens is 502 g/mol. The molecule has 0 bridgehead atoms. The minimum absolute atomic E-state index is 0.0484. The van der Waals surface area contributed by atoms with Gasteiger partial charge >= 0.3 is 12.1 Å². The van der Waals surface area contributed by atoms with Crippen molar-refractivity contribution in [2.75, 3.05) is 13.1 Å². The van der Waals surface area contributed by atoms with Gasteiger partial charge in [-0.15, -0.1) is 0 Å². The number of hydrogen-bond donors (Lipinski definition) is 3. The Balaban J connectivity index is 1.63. The maximum Gasteiger partial charge on any atom is 0.407 e. The number of alkyl carbamates (subject to hydrolysis) is 1. The minimum Gasteiger partial charge on any atom is -0.458 e. The number of aliphatic hydroxyl groups is 1. The van der Waals surface area contributed by atoms with Crippen LogP contribution in [0.25, 0.3) is 0 Å². The highest BCUT2D eigenvalue weighted by atomic mass is 16.6. The average molecular weight is 540 g/mol. The fraction of sp³-hybridized carbons (Fsp3) is 0.448. The Morgan fingerprint density at radius 3 is 2.23 bits per heavy atom. The maximum atomic E-state index is 13.4. The lowest BCUT2D eigenvalue weighted by atomic mass is 9.99. The highest BCUT2D eigenvalue weighted by molar-refractivity contribution is 5.89. The molecule has 2 aromatic carbocycles. The molecule has 210 valence electrons. The molecule has 39 heavy (non-hydrogen) atoms. The summed E-state index contributed by atoms with van der Waals surface area (Å²) < 4.78 is 10.6. The van der Waals surface area contributed by atoms with Crippen molar-refractivity contribution >= 4 is 23.9 Å². The Morgan fingerprint density at radius 1 is 1.00 bits per heavy atom. The van der Waals surface area contributed by atoms with Crippen LogP contribution in [0.1, 0.15) is 44.7 Å². The van der Waals surface area contributed by atoms with Crippen LogP contribution in [0.3, 0.4) is 0 Å². The number of hydrogen-bond acceptors (Lipinski definition) is 7. The molecule has 1 aliphatic rings. The van der Waals surface area contributed by atoms with Crippen molar-refractivity contribution in [3.63, 3.8) is 0 Å². The number of esters is 1. The highest BCUT2D eigenvalue weighted by Crippen LogP contribution is 2.23. The van der Waals surface area contributed by atoms with Crippen LogP contribution in [-0.2, 0) is 36.9 Å². The van der Waals surface area contributed by atoms with Gasteiger partial charge in [-0.25, -0.2) is 9.59 Å². The number of likely N-dealkylation sites (tertiary alicyclic amines) is 1. The van der Waals surface area contributed by atoms with Gasteiger partial charge < -0.3 is 30.1 Å². The lowest BCUT2D eigenvalue weighted by molar-refractivity contribution is -0.165. The van der Waals surface area contributed by atoms with Gasteiger partial charge in [0.1, 0.15) is 24.8 Å². The van der Waals surface area contributed by atoms with Gasteiger partial charge in [0.2, 0.25) is 5.91 Å². The second-order valence-electron chi connectivity index (χ2n) is 10.4. The molecule has 2 aromatic rings. The van der Waals surface area contributed by atoms with Crippen molar-refractivity contribution < 1.29 is 33.8 Å². The minimum atomic E-state index is -1.62. The van der Waals surface area contributed by atoms with Crippen LogP contribution < -0.4 is 10.6 Å². The lowest BCUT2D eigenvalue weighted by Gasteiger charge is -2.31. The molecule has 3 rings (SSSR count). The third-order valence-corrected chi connectivity index (χ3v) is 6.10. The molecule has 2 unspecified atom stereocenters. The van der Waals surface area contributed by atoms with Gasteiger partial charge in [0.25, 0.3) is 5.91 Å². The first-order chi connectivity index (χ1) is 18.5. The smallest absolute Gasteiger partial charge is 0.407 e. The summed E-state index contributed by atoms with van der Waals surface area (Å²) in [6.07, 6.45) is -1.22. The van der Waals surface area contributed by atoms with Gasteiger partial charge in [-0.2, -0.15) is 0 Å². The molecule has 3 atom stereocenters. The summed E-state index contributed by atoms with van der Waals surface area (Å²) in [6.45, 7) is 5.17. The maximum absolute atomic E-state index is 13.4. The fourth-order valence-corrected chi connectivity index (χ4v) is 4.28. The molecule has 1 heterocycles. The Kier molecular flexibility index (Phi) is 10.4. The van der Waals surface area contributed by atoms with Crippen molar-refractivity contribution in [2.45, 2.75) is 70.4 Å². The van der Waals surface area contributed by atoms with E-state index >= 15 is 0 Å². The predicted molar refractivity (Wildman–Crippen MR) is 143 cm³/mol. The topological polar surface area (TPSA) is 134 Å². The molecule has 10 nitrogen and oxygen atoms in total. The standard InChI is InChI=1S/C29H37N3O7/c1-29(2,3)39-27(36)23-15-10-16-32(23)26(35)25(34)22(17-20-11-6-4-7-12-20)31-24(33)18-30-28(37)38-19-21-13-8-5-9-14-21/h4-9,11-14,22-23,25,34H,10,15-19H2,1-3H3,(H,30,37)(H,31,33)/t22?,23-,25?/m0/s1. The molecule has 0 radical (unpaired) electrons. The molecule has 0 aromatic heterocycles. The number of carbonyl (C=O) groups is 4. The first kappa shape index (κ1) is 29.6. The van der Waals surface area contributed by atoms with Gasteiger partial charge in [-0.05, 0) is 51.2 Å². The van der Waals surface area contributed by atoms with E-state index in [1.807, 2.05) is 48.5 Å². The summed E-state index contributed by atoms with van der Waals surface area (Å²) in [5, 5.41) is 16.1. The zero-order chi connectivity index (χ0) is 28.4. The Morgan fingerprint density at radius 2 is 1.62 bits per heavy atom. The number of nitrogens with one attached hydrogen (secondary N) is 2. The van der Waals surface area contributed by atoms with Crippen molar-refractivity contribution in [3.05, 3.63) is 71.8 Å². The van der Waals surface area contributed by atoms with Crippen molar-refractivity contribution in [1.29, 1.82) is 0 Å². The van der Waals surface area contributed by atoms with Gasteiger partial charge in [0, 0.05) is 6.54 Å². The number of benzene rings is 2. The predicted octanol–water partition coefficient (Wildman–Crippen LogP) is 2.33. The zero-order valence-corrected chi connectivity index (χ0v) is 22.6. The lowest BCUT2D eigenvalue weighted by Crippen LogP contribution is -2.56. The first-order valence-electron chi connectivity index (χ1n) is 13.0. The molecule has 1 saturated heterocycles. The van der Waals surface area contributed by atoms with Crippen LogP contribution in [0, 0.1) is 0 Å². The molecule has 10 heteroatoms. The average Bonchev–Trinajstić information content (AvgIpc) is 3.40. The Labute approximate surface area is 228 Å². The largest absolute Gasteiger partial charge is 0.458 e. The molecule has 0 spiro atoms. The van der Waals surface area contributed by atoms with E-state index in [2.05, 4.69) is 10.6 Å². The fourth-order valence-electron chi connectivity index (χ4n) is 4.28. The summed E-state index contributed by atoms with van der Waals surface area (Å²) in [5.74, 6) is -1.80. The quantitative estimate of drug-likeness (QED) is 0.395. The molecule has 1 fully saturated rings. The summed E-state index contributed by atoms with van der Waals surface area (Å²) in [4.78, 5) is 52.1. The van der Waals surface area contributed by atoms with E-state index in [-0.39, 0.29) is 13.0 Å². The van der Waals surface area contributed by atoms with Gasteiger partial charge in [0.15, 0.2) is 6.10 Å². The van der Waals surface area contributed by atoms with E-state index in [1.54, 1.807) is 32.9 Å². The summed E-state index contributed by atoms with van der Waals surface area (Å²) >= 11 is 0. The Hall–Kier alpha value is -3.92. The molecule has 0 saturated carbocycles.